The van der Waals surface area contributed by atoms with Gasteiger partial charge >= 0.3 is 0 Å². The van der Waals surface area contributed by atoms with Crippen molar-refractivity contribution >= 4 is 0 Å². The van der Waals surface area contributed by atoms with E-state index in [-0.39, 0.29) is 0 Å². The van der Waals surface area contributed by atoms with Gasteiger partial charge in [-0.25, -0.2) is 9.97 Å². The van der Waals surface area contributed by atoms with Crippen LogP contribution in [0, 0.1) is 0 Å². The lowest BCUT2D eigenvalue weighted by molar-refractivity contribution is 0.393. The maximum absolute atomic E-state index is 5.08. The average Bonchev–Trinajstić information content (AvgIpc) is 2.30. The predicted octanol–water partition coefficient (Wildman–Crippen LogP) is 1.94. The van der Waals surface area contributed by atoms with Gasteiger partial charge in [-0.3, -0.25) is 0 Å². The molecule has 0 fully saturated rings. The van der Waals surface area contributed by atoms with Gasteiger partial charge in [0.25, 0.3) is 0 Å². The summed E-state index contributed by atoms with van der Waals surface area (Å²) in [6.45, 7) is 2.19. The van der Waals surface area contributed by atoms with Crippen molar-refractivity contribution in [3.63, 3.8) is 0 Å². The van der Waals surface area contributed by atoms with E-state index in [2.05, 4.69) is 22.2 Å². The van der Waals surface area contributed by atoms with Crippen LogP contribution < -0.4 is 10.1 Å². The zero-order valence-corrected chi connectivity index (χ0v) is 9.66. The third-order valence-corrected chi connectivity index (χ3v) is 2.42. The molecule has 15 heavy (non-hydrogen) atoms. The largest absolute Gasteiger partial charge is 0.481 e. The van der Waals surface area contributed by atoms with E-state index in [1.54, 1.807) is 13.4 Å². The lowest BCUT2D eigenvalue weighted by Crippen LogP contribution is -2.17. The normalized spacial score (nSPS) is 12.5. The monoisotopic (exact) mass is 209 g/mol. The highest BCUT2D eigenvalue weighted by atomic mass is 16.5. The van der Waals surface area contributed by atoms with Gasteiger partial charge in [0.1, 0.15) is 6.33 Å². The minimum absolute atomic E-state index is 0.293. The van der Waals surface area contributed by atoms with Gasteiger partial charge < -0.3 is 10.1 Å². The van der Waals surface area contributed by atoms with Crippen molar-refractivity contribution in [3.05, 3.63) is 18.1 Å². The second kappa shape index (κ2) is 6.35. The van der Waals surface area contributed by atoms with Crippen molar-refractivity contribution in [3.8, 4) is 5.88 Å². The maximum Gasteiger partial charge on any atom is 0.216 e. The molecular formula is C11H19N3O. The Morgan fingerprint density at radius 3 is 2.87 bits per heavy atom. The first-order valence-electron chi connectivity index (χ1n) is 5.35. The van der Waals surface area contributed by atoms with Crippen molar-refractivity contribution in [2.75, 3.05) is 14.2 Å². The fraction of sp³-hybridized carbons (Fsp3) is 0.636. The number of nitrogens with one attached hydrogen (secondary N) is 1. The summed E-state index contributed by atoms with van der Waals surface area (Å²) >= 11 is 0. The molecule has 1 aromatic rings. The minimum atomic E-state index is 0.293. The maximum atomic E-state index is 5.08. The average molecular weight is 209 g/mol. The van der Waals surface area contributed by atoms with Gasteiger partial charge in [0.2, 0.25) is 5.88 Å². The van der Waals surface area contributed by atoms with Crippen LogP contribution in [0.3, 0.4) is 0 Å². The van der Waals surface area contributed by atoms with E-state index in [9.17, 15) is 0 Å². The van der Waals surface area contributed by atoms with E-state index in [1.165, 1.54) is 12.8 Å². The van der Waals surface area contributed by atoms with Gasteiger partial charge in [-0.15, -0.1) is 0 Å². The fourth-order valence-electron chi connectivity index (χ4n) is 1.50. The van der Waals surface area contributed by atoms with Crippen LogP contribution in [0.4, 0.5) is 0 Å². The zero-order chi connectivity index (χ0) is 11.1. The first-order valence-corrected chi connectivity index (χ1v) is 5.35. The third-order valence-electron chi connectivity index (χ3n) is 2.42. The van der Waals surface area contributed by atoms with Crippen molar-refractivity contribution in [2.45, 2.75) is 32.2 Å². The molecule has 0 saturated carbocycles. The van der Waals surface area contributed by atoms with Crippen LogP contribution >= 0.6 is 0 Å². The van der Waals surface area contributed by atoms with E-state index in [1.807, 2.05) is 13.1 Å². The van der Waals surface area contributed by atoms with Crippen LogP contribution in [0.5, 0.6) is 5.88 Å². The molecule has 0 aliphatic rings. The molecule has 1 atom stereocenters. The van der Waals surface area contributed by atoms with Crippen molar-refractivity contribution in [1.82, 2.24) is 15.3 Å². The van der Waals surface area contributed by atoms with Crippen molar-refractivity contribution in [1.29, 1.82) is 0 Å². The van der Waals surface area contributed by atoms with Gasteiger partial charge in [0, 0.05) is 12.1 Å². The highest BCUT2D eigenvalue weighted by molar-refractivity contribution is 5.16. The quantitative estimate of drug-likeness (QED) is 0.777. The SMILES string of the molecule is CCCCC(NC)c1cc(OC)ncn1. The lowest BCUT2D eigenvalue weighted by atomic mass is 10.1. The molecule has 1 aromatic heterocycles. The van der Waals surface area contributed by atoms with Crippen molar-refractivity contribution < 1.29 is 4.74 Å². The lowest BCUT2D eigenvalue weighted by Gasteiger charge is -2.15. The molecule has 1 unspecified atom stereocenters. The third kappa shape index (κ3) is 3.47. The van der Waals surface area contributed by atoms with Gasteiger partial charge in [-0.1, -0.05) is 19.8 Å². The summed E-state index contributed by atoms with van der Waals surface area (Å²) in [6, 6.07) is 2.18. The molecule has 0 bridgehead atoms. The van der Waals surface area contributed by atoms with Crippen LogP contribution in [0.15, 0.2) is 12.4 Å². The van der Waals surface area contributed by atoms with Crippen LogP contribution in [0.25, 0.3) is 0 Å². The summed E-state index contributed by atoms with van der Waals surface area (Å²) in [7, 11) is 3.57. The summed E-state index contributed by atoms with van der Waals surface area (Å²) < 4.78 is 5.08. The van der Waals surface area contributed by atoms with Crippen LogP contribution in [0.2, 0.25) is 0 Å². The van der Waals surface area contributed by atoms with E-state index in [4.69, 9.17) is 4.74 Å². The molecule has 0 aliphatic carbocycles. The Hall–Kier alpha value is -1.16. The summed E-state index contributed by atoms with van der Waals surface area (Å²) in [5.41, 5.74) is 0.998. The van der Waals surface area contributed by atoms with Crippen LogP contribution in [-0.2, 0) is 0 Å². The Labute approximate surface area is 91.1 Å². The Morgan fingerprint density at radius 2 is 2.27 bits per heavy atom. The van der Waals surface area contributed by atoms with E-state index in [0.717, 1.165) is 12.1 Å². The highest BCUT2D eigenvalue weighted by Crippen LogP contribution is 2.18. The molecule has 1 heterocycles. The zero-order valence-electron chi connectivity index (χ0n) is 9.66. The number of aromatic nitrogens is 2. The molecule has 0 spiro atoms. The molecule has 4 nitrogen and oxygen atoms in total. The second-order valence-corrected chi connectivity index (χ2v) is 3.47. The predicted molar refractivity (Wildman–Crippen MR) is 59.9 cm³/mol. The number of ether oxygens (including phenoxy) is 1. The molecule has 0 aliphatic heterocycles. The molecule has 84 valence electrons. The van der Waals surface area contributed by atoms with Crippen LogP contribution in [0.1, 0.15) is 37.9 Å². The van der Waals surface area contributed by atoms with Gasteiger partial charge in [-0.2, -0.15) is 0 Å². The van der Waals surface area contributed by atoms with Gasteiger partial charge in [0.15, 0.2) is 0 Å². The molecule has 1 N–H and O–H groups in total. The Kier molecular flexibility index (Phi) is 5.04. The second-order valence-electron chi connectivity index (χ2n) is 3.47. The van der Waals surface area contributed by atoms with Gasteiger partial charge in [0.05, 0.1) is 12.8 Å². The number of rotatable bonds is 6. The van der Waals surface area contributed by atoms with E-state index in [0.29, 0.717) is 11.9 Å². The first-order chi connectivity index (χ1) is 7.31. The highest BCUT2D eigenvalue weighted by Gasteiger charge is 2.10. The Balaban J connectivity index is 2.72. The Bertz CT molecular complexity index is 291. The number of nitrogens with zero attached hydrogens (tertiary/aromatic N) is 2. The molecule has 1 rings (SSSR count). The fourth-order valence-corrected chi connectivity index (χ4v) is 1.50. The molecule has 0 aromatic carbocycles. The molecule has 0 saturated heterocycles. The smallest absolute Gasteiger partial charge is 0.216 e. The van der Waals surface area contributed by atoms with Crippen molar-refractivity contribution in [2.24, 2.45) is 0 Å². The minimum Gasteiger partial charge on any atom is -0.481 e. The van der Waals surface area contributed by atoms with Gasteiger partial charge in [-0.05, 0) is 13.5 Å². The van der Waals surface area contributed by atoms with E-state index >= 15 is 0 Å². The summed E-state index contributed by atoms with van der Waals surface area (Å²) in [6.07, 6.45) is 5.02. The number of unbranched alkanes of at least 4 members (excludes halogenated alkanes) is 1. The summed E-state index contributed by atoms with van der Waals surface area (Å²) in [5, 5.41) is 3.26. The topological polar surface area (TPSA) is 47.0 Å². The standard InChI is InChI=1S/C11H19N3O/c1-4-5-6-9(12-2)10-7-11(15-3)14-8-13-10/h7-9,12H,4-6H2,1-3H3. The molecule has 4 heteroatoms. The van der Waals surface area contributed by atoms with Crippen LogP contribution in [-0.4, -0.2) is 24.1 Å². The number of methoxy groups -OCH3 is 1. The summed E-state index contributed by atoms with van der Waals surface area (Å²) in [4.78, 5) is 8.25. The molecule has 0 amide bonds. The first kappa shape index (κ1) is 11.9. The molecular weight excluding hydrogens is 190 g/mol. The Morgan fingerprint density at radius 1 is 1.47 bits per heavy atom. The number of hydrogen-bond acceptors (Lipinski definition) is 4. The number of hydrogen-bond donors (Lipinski definition) is 1. The summed E-state index contributed by atoms with van der Waals surface area (Å²) in [5.74, 6) is 0.622. The van der Waals surface area contributed by atoms with E-state index < -0.39 is 0 Å². The molecule has 0 radical (unpaired) electrons.